The summed E-state index contributed by atoms with van der Waals surface area (Å²) in [5.74, 6) is -0.858. The third-order valence-corrected chi connectivity index (χ3v) is 15.5. The van der Waals surface area contributed by atoms with Gasteiger partial charge in [0, 0.05) is 19.3 Å². The third kappa shape index (κ3) is 65.8. The minimum Gasteiger partial charge on any atom is -0.462 e. The van der Waals surface area contributed by atoms with Crippen molar-refractivity contribution in [3.05, 3.63) is 60.8 Å². The Labute approximate surface area is 491 Å². The van der Waals surface area contributed by atoms with E-state index in [0.717, 1.165) is 89.9 Å². The van der Waals surface area contributed by atoms with Crippen LogP contribution >= 0.6 is 0 Å². The summed E-state index contributed by atoms with van der Waals surface area (Å²) in [6, 6.07) is 0. The van der Waals surface area contributed by atoms with Crippen molar-refractivity contribution < 1.29 is 28.6 Å². The van der Waals surface area contributed by atoms with Gasteiger partial charge in [-0.05, 0) is 83.5 Å². The quantitative estimate of drug-likeness (QED) is 0.0261. The summed E-state index contributed by atoms with van der Waals surface area (Å²) in [6.07, 6.45) is 87.0. The number of hydrogen-bond donors (Lipinski definition) is 0. The number of carbonyl (C=O) groups is 3. The normalized spacial score (nSPS) is 12.4. The van der Waals surface area contributed by atoms with E-state index in [9.17, 15) is 14.4 Å². The van der Waals surface area contributed by atoms with Gasteiger partial charge in [0.2, 0.25) is 0 Å². The predicted molar refractivity (Wildman–Crippen MR) is 344 cm³/mol. The summed E-state index contributed by atoms with van der Waals surface area (Å²) in [5, 5.41) is 0. The van der Waals surface area contributed by atoms with E-state index in [0.29, 0.717) is 19.3 Å². The standard InChI is InChI=1S/C73H132O6/c1-4-7-10-13-16-19-22-24-26-28-29-30-31-32-33-34-35-36-37-38-39-40-41-42-43-44-45-46-48-49-51-54-57-60-63-66-72(75)78-69-70(68-77-71(74)65-62-59-56-53-21-18-15-12-9-6-3)79-73(76)67-64-61-58-55-52-50-47-27-25-23-20-17-14-11-8-5-2/h7,10,16,19,24,26-27,29-30,47,70H,4-6,8-9,11-15,17-18,20-23,25,28,31-46,48-69H2,1-3H3/b10-7-,19-16-,26-24-,30-29-,47-27-. The van der Waals surface area contributed by atoms with E-state index in [1.165, 1.54) is 238 Å². The van der Waals surface area contributed by atoms with Gasteiger partial charge in [0.1, 0.15) is 13.2 Å². The lowest BCUT2D eigenvalue weighted by Gasteiger charge is -2.18. The molecule has 1 atom stereocenters. The molecule has 0 spiro atoms. The second-order valence-electron chi connectivity index (χ2n) is 23.4. The van der Waals surface area contributed by atoms with Gasteiger partial charge in [-0.15, -0.1) is 0 Å². The molecule has 0 aliphatic carbocycles. The number of rotatable bonds is 64. The maximum Gasteiger partial charge on any atom is 0.306 e. The van der Waals surface area contributed by atoms with Crippen molar-refractivity contribution in [1.29, 1.82) is 0 Å². The average molecular weight is 1110 g/mol. The number of hydrogen-bond acceptors (Lipinski definition) is 6. The van der Waals surface area contributed by atoms with Crippen molar-refractivity contribution in [1.82, 2.24) is 0 Å². The van der Waals surface area contributed by atoms with Crippen LogP contribution in [0.25, 0.3) is 0 Å². The molecule has 0 aliphatic heterocycles. The fraction of sp³-hybridized carbons (Fsp3) is 0.822. The number of unbranched alkanes of at least 4 members (excludes halogenated alkanes) is 43. The fourth-order valence-electron chi connectivity index (χ4n) is 10.3. The fourth-order valence-corrected chi connectivity index (χ4v) is 10.3. The zero-order chi connectivity index (χ0) is 57.1. The Morgan fingerprint density at radius 3 is 0.785 bits per heavy atom. The van der Waals surface area contributed by atoms with E-state index in [1.807, 2.05) is 0 Å². The number of esters is 3. The monoisotopic (exact) mass is 1110 g/mol. The van der Waals surface area contributed by atoms with Gasteiger partial charge in [-0.25, -0.2) is 0 Å². The Morgan fingerprint density at radius 1 is 0.266 bits per heavy atom. The molecule has 0 N–H and O–H groups in total. The first kappa shape index (κ1) is 76.1. The van der Waals surface area contributed by atoms with Crippen molar-refractivity contribution in [3.63, 3.8) is 0 Å². The van der Waals surface area contributed by atoms with Crippen LogP contribution < -0.4 is 0 Å². The van der Waals surface area contributed by atoms with Crippen LogP contribution in [0.2, 0.25) is 0 Å². The zero-order valence-electron chi connectivity index (χ0n) is 52.9. The first-order valence-corrected chi connectivity index (χ1v) is 34.8. The molecule has 1 unspecified atom stereocenters. The van der Waals surface area contributed by atoms with Crippen molar-refractivity contribution in [3.8, 4) is 0 Å². The van der Waals surface area contributed by atoms with E-state index >= 15 is 0 Å². The first-order chi connectivity index (χ1) is 39.0. The second-order valence-corrected chi connectivity index (χ2v) is 23.4. The van der Waals surface area contributed by atoms with Crippen molar-refractivity contribution in [2.75, 3.05) is 13.2 Å². The molecule has 0 saturated carbocycles. The van der Waals surface area contributed by atoms with Gasteiger partial charge in [-0.3, -0.25) is 14.4 Å². The Kier molecular flexibility index (Phi) is 65.1. The molecule has 0 radical (unpaired) electrons. The van der Waals surface area contributed by atoms with Crippen molar-refractivity contribution in [2.45, 2.75) is 374 Å². The summed E-state index contributed by atoms with van der Waals surface area (Å²) in [4.78, 5) is 38.2. The smallest absolute Gasteiger partial charge is 0.306 e. The molecule has 0 fully saturated rings. The largest absolute Gasteiger partial charge is 0.462 e. The first-order valence-electron chi connectivity index (χ1n) is 34.8. The van der Waals surface area contributed by atoms with Crippen molar-refractivity contribution in [2.24, 2.45) is 0 Å². The SMILES string of the molecule is CC/C=C\C/C=C\C/C=C\C/C=C\CCCCCCCCCCCCCCCCCCCCCCCCC(=O)OCC(COC(=O)CCCCCCCCCCCC)OC(=O)CCCCCCC/C=C\CCCCCCCCC. The lowest BCUT2D eigenvalue weighted by molar-refractivity contribution is -0.167. The van der Waals surface area contributed by atoms with Crippen LogP contribution in [0.15, 0.2) is 60.8 Å². The highest BCUT2D eigenvalue weighted by atomic mass is 16.6. The van der Waals surface area contributed by atoms with Crippen LogP contribution in [0.3, 0.4) is 0 Å². The third-order valence-electron chi connectivity index (χ3n) is 15.5. The molecular weight excluding hydrogens is 973 g/mol. The predicted octanol–water partition coefficient (Wildman–Crippen LogP) is 23.9. The minimum absolute atomic E-state index is 0.0710. The highest BCUT2D eigenvalue weighted by Gasteiger charge is 2.19. The number of ether oxygens (including phenoxy) is 3. The van der Waals surface area contributed by atoms with Gasteiger partial charge in [-0.2, -0.15) is 0 Å². The lowest BCUT2D eigenvalue weighted by atomic mass is 10.0. The summed E-state index contributed by atoms with van der Waals surface area (Å²) in [5.41, 5.74) is 0. The van der Waals surface area contributed by atoms with Gasteiger partial charge in [0.25, 0.3) is 0 Å². The van der Waals surface area contributed by atoms with Crippen LogP contribution in [-0.4, -0.2) is 37.2 Å². The Bertz CT molecular complexity index is 1410. The lowest BCUT2D eigenvalue weighted by Crippen LogP contribution is -2.30. The van der Waals surface area contributed by atoms with Gasteiger partial charge in [0.05, 0.1) is 0 Å². The summed E-state index contributed by atoms with van der Waals surface area (Å²) in [7, 11) is 0. The van der Waals surface area contributed by atoms with E-state index in [-0.39, 0.29) is 31.1 Å². The van der Waals surface area contributed by atoms with Crippen LogP contribution in [0.4, 0.5) is 0 Å². The Morgan fingerprint density at radius 2 is 0.494 bits per heavy atom. The summed E-state index contributed by atoms with van der Waals surface area (Å²) < 4.78 is 16.9. The van der Waals surface area contributed by atoms with Crippen LogP contribution in [-0.2, 0) is 28.6 Å². The molecule has 6 nitrogen and oxygen atoms in total. The van der Waals surface area contributed by atoms with E-state index < -0.39 is 6.10 Å². The highest BCUT2D eigenvalue weighted by Crippen LogP contribution is 2.18. The molecule has 0 aliphatic rings. The average Bonchev–Trinajstić information content (AvgIpc) is 3.45. The molecule has 460 valence electrons. The van der Waals surface area contributed by atoms with E-state index in [1.54, 1.807) is 0 Å². The van der Waals surface area contributed by atoms with Crippen LogP contribution in [0.5, 0.6) is 0 Å². The van der Waals surface area contributed by atoms with Gasteiger partial charge in [0.15, 0.2) is 6.10 Å². The molecular formula is C73H132O6. The van der Waals surface area contributed by atoms with Crippen molar-refractivity contribution >= 4 is 17.9 Å². The molecule has 79 heavy (non-hydrogen) atoms. The van der Waals surface area contributed by atoms with Gasteiger partial charge >= 0.3 is 17.9 Å². The minimum atomic E-state index is -0.773. The topological polar surface area (TPSA) is 78.9 Å². The highest BCUT2D eigenvalue weighted by molar-refractivity contribution is 5.71. The molecule has 0 amide bonds. The Balaban J connectivity index is 4.02. The molecule has 0 aromatic rings. The zero-order valence-corrected chi connectivity index (χ0v) is 52.9. The molecule has 0 bridgehead atoms. The maximum atomic E-state index is 12.9. The molecule has 0 aromatic heterocycles. The van der Waals surface area contributed by atoms with Gasteiger partial charge < -0.3 is 14.2 Å². The molecule has 0 rings (SSSR count). The Hall–Kier alpha value is -2.89. The molecule has 0 heterocycles. The second kappa shape index (κ2) is 67.6. The number of allylic oxidation sites excluding steroid dienone is 10. The van der Waals surface area contributed by atoms with Crippen LogP contribution in [0.1, 0.15) is 367 Å². The number of carbonyl (C=O) groups excluding carboxylic acids is 3. The summed E-state index contributed by atoms with van der Waals surface area (Å²) >= 11 is 0. The van der Waals surface area contributed by atoms with E-state index in [4.69, 9.17) is 14.2 Å². The van der Waals surface area contributed by atoms with Crippen LogP contribution in [0, 0.1) is 0 Å². The van der Waals surface area contributed by atoms with Gasteiger partial charge in [-0.1, -0.05) is 326 Å². The summed E-state index contributed by atoms with van der Waals surface area (Å²) in [6.45, 7) is 6.56. The molecule has 0 saturated heterocycles. The molecule has 6 heteroatoms. The molecule has 0 aromatic carbocycles. The maximum absolute atomic E-state index is 12.9. The van der Waals surface area contributed by atoms with E-state index in [2.05, 4.69) is 81.5 Å².